The predicted molar refractivity (Wildman–Crippen MR) is 108 cm³/mol. The van der Waals surface area contributed by atoms with E-state index in [2.05, 4.69) is 9.71 Å². The summed E-state index contributed by atoms with van der Waals surface area (Å²) in [5.41, 5.74) is 3.58. The van der Waals surface area contributed by atoms with Crippen molar-refractivity contribution in [3.63, 3.8) is 0 Å². The molecule has 0 aliphatic carbocycles. The number of aromatic nitrogens is 1. The first-order valence-electron chi connectivity index (χ1n) is 8.88. The Morgan fingerprint density at radius 1 is 1.07 bits per heavy atom. The lowest BCUT2D eigenvalue weighted by Crippen LogP contribution is -2.28. The highest BCUT2D eigenvalue weighted by Crippen LogP contribution is 2.32. The lowest BCUT2D eigenvalue weighted by molar-refractivity contribution is 0.0989. The zero-order valence-electron chi connectivity index (χ0n) is 15.3. The molecule has 4 rings (SSSR count). The van der Waals surface area contributed by atoms with Crippen LogP contribution in [0.2, 0.25) is 0 Å². The number of carbonyl (C=O) groups excluding carboxylic acids is 1. The van der Waals surface area contributed by atoms with Crippen LogP contribution in [-0.4, -0.2) is 25.9 Å². The molecule has 0 unspecified atom stereocenters. The van der Waals surface area contributed by atoms with E-state index in [1.165, 1.54) is 0 Å². The quantitative estimate of drug-likeness (QED) is 0.737. The summed E-state index contributed by atoms with van der Waals surface area (Å²) < 4.78 is 28.0. The molecule has 1 N–H and O–H groups in total. The van der Waals surface area contributed by atoms with Crippen molar-refractivity contribution in [2.24, 2.45) is 0 Å². The fraction of sp³-hybridized carbons (Fsp3) is 0.143. The Bertz CT molecular complexity index is 1140. The number of rotatable bonds is 4. The highest BCUT2D eigenvalue weighted by molar-refractivity contribution is 7.92. The molecule has 0 saturated heterocycles. The maximum atomic E-state index is 12.8. The van der Waals surface area contributed by atoms with Gasteiger partial charge in [0, 0.05) is 30.2 Å². The molecule has 0 spiro atoms. The van der Waals surface area contributed by atoms with Crippen molar-refractivity contribution in [2.75, 3.05) is 16.2 Å². The van der Waals surface area contributed by atoms with Crippen molar-refractivity contribution in [3.05, 3.63) is 83.7 Å². The molecule has 142 valence electrons. The number of aryl methyl sites for hydroxylation is 1. The van der Waals surface area contributed by atoms with Gasteiger partial charge in [0.15, 0.2) is 0 Å². The molecule has 1 aliphatic rings. The molecule has 1 aliphatic heterocycles. The van der Waals surface area contributed by atoms with Crippen LogP contribution in [-0.2, 0) is 16.4 Å². The van der Waals surface area contributed by atoms with Gasteiger partial charge in [-0.2, -0.15) is 0 Å². The summed E-state index contributed by atoms with van der Waals surface area (Å²) in [6.45, 7) is 2.40. The SMILES string of the molecule is Cc1cccc(S(=O)(=O)Nc2ccc3c(c2)N(C(=O)c2ccncc2)CC3)c1. The summed E-state index contributed by atoms with van der Waals surface area (Å²) in [7, 11) is -3.70. The summed E-state index contributed by atoms with van der Waals surface area (Å²) >= 11 is 0. The van der Waals surface area contributed by atoms with Gasteiger partial charge in [0.2, 0.25) is 0 Å². The molecule has 1 aromatic heterocycles. The molecule has 0 saturated carbocycles. The lowest BCUT2D eigenvalue weighted by atomic mass is 10.1. The normalized spacial score (nSPS) is 13.2. The van der Waals surface area contributed by atoms with Crippen LogP contribution in [0.25, 0.3) is 0 Å². The number of amides is 1. The Labute approximate surface area is 163 Å². The average Bonchev–Trinajstić information content (AvgIpc) is 3.11. The number of hydrogen-bond acceptors (Lipinski definition) is 4. The van der Waals surface area contributed by atoms with E-state index in [1.54, 1.807) is 59.8 Å². The van der Waals surface area contributed by atoms with Crippen LogP contribution in [0, 0.1) is 6.92 Å². The minimum Gasteiger partial charge on any atom is -0.308 e. The molecular weight excluding hydrogens is 374 g/mol. The van der Waals surface area contributed by atoms with Gasteiger partial charge in [-0.15, -0.1) is 0 Å². The monoisotopic (exact) mass is 393 g/mol. The van der Waals surface area contributed by atoms with E-state index >= 15 is 0 Å². The standard InChI is InChI=1S/C21H19N3O3S/c1-15-3-2-4-19(13-15)28(26,27)23-18-6-5-16-9-12-24(20(16)14-18)21(25)17-7-10-22-11-8-17/h2-8,10-11,13-14,23H,9,12H2,1H3. The van der Waals surface area contributed by atoms with Gasteiger partial charge in [-0.3, -0.25) is 14.5 Å². The third-order valence-electron chi connectivity index (χ3n) is 4.71. The number of nitrogens with zero attached hydrogens (tertiary/aromatic N) is 2. The van der Waals surface area contributed by atoms with Crippen LogP contribution in [0.1, 0.15) is 21.5 Å². The Morgan fingerprint density at radius 2 is 1.86 bits per heavy atom. The Kier molecular flexibility index (Phi) is 4.60. The van der Waals surface area contributed by atoms with Crippen molar-refractivity contribution >= 4 is 27.3 Å². The smallest absolute Gasteiger partial charge is 0.261 e. The van der Waals surface area contributed by atoms with E-state index in [-0.39, 0.29) is 10.8 Å². The number of fused-ring (bicyclic) bond motifs is 1. The molecule has 6 nitrogen and oxygen atoms in total. The number of nitrogens with one attached hydrogen (secondary N) is 1. The third-order valence-corrected chi connectivity index (χ3v) is 6.08. The second-order valence-electron chi connectivity index (χ2n) is 6.71. The van der Waals surface area contributed by atoms with E-state index in [4.69, 9.17) is 0 Å². The average molecular weight is 393 g/mol. The fourth-order valence-corrected chi connectivity index (χ4v) is 4.45. The molecule has 2 aromatic carbocycles. The largest absolute Gasteiger partial charge is 0.308 e. The molecule has 3 aromatic rings. The van der Waals surface area contributed by atoms with E-state index in [1.807, 2.05) is 19.1 Å². The van der Waals surface area contributed by atoms with Crippen LogP contribution >= 0.6 is 0 Å². The predicted octanol–water partition coefficient (Wildman–Crippen LogP) is 3.39. The molecule has 0 fully saturated rings. The van der Waals surface area contributed by atoms with Crippen LogP contribution in [0.4, 0.5) is 11.4 Å². The van der Waals surface area contributed by atoms with Crippen LogP contribution in [0.5, 0.6) is 0 Å². The minimum absolute atomic E-state index is 0.125. The van der Waals surface area contributed by atoms with Gasteiger partial charge in [0.25, 0.3) is 15.9 Å². The Hall–Kier alpha value is -3.19. The summed E-state index contributed by atoms with van der Waals surface area (Å²) in [4.78, 5) is 18.6. The highest BCUT2D eigenvalue weighted by Gasteiger charge is 2.26. The van der Waals surface area contributed by atoms with Gasteiger partial charge in [0.05, 0.1) is 10.6 Å². The number of hydrogen-bond donors (Lipinski definition) is 1. The molecule has 0 atom stereocenters. The van der Waals surface area contributed by atoms with Crippen molar-refractivity contribution < 1.29 is 13.2 Å². The minimum atomic E-state index is -3.70. The molecule has 1 amide bonds. The van der Waals surface area contributed by atoms with Gasteiger partial charge in [-0.1, -0.05) is 18.2 Å². The number of carbonyl (C=O) groups is 1. The van der Waals surface area contributed by atoms with Gasteiger partial charge >= 0.3 is 0 Å². The first-order valence-corrected chi connectivity index (χ1v) is 10.4. The Morgan fingerprint density at radius 3 is 2.61 bits per heavy atom. The number of sulfonamides is 1. The van der Waals surface area contributed by atoms with Crippen molar-refractivity contribution in [2.45, 2.75) is 18.2 Å². The number of pyridine rings is 1. The zero-order chi connectivity index (χ0) is 19.7. The zero-order valence-corrected chi connectivity index (χ0v) is 16.1. The van der Waals surface area contributed by atoms with Crippen molar-refractivity contribution in [1.29, 1.82) is 0 Å². The summed E-state index contributed by atoms with van der Waals surface area (Å²) in [6, 6.07) is 15.4. The van der Waals surface area contributed by atoms with Gasteiger partial charge in [0.1, 0.15) is 0 Å². The molecular formula is C21H19N3O3S. The van der Waals surface area contributed by atoms with E-state index < -0.39 is 10.0 Å². The number of benzene rings is 2. The second-order valence-corrected chi connectivity index (χ2v) is 8.39. The topological polar surface area (TPSA) is 79.4 Å². The summed E-state index contributed by atoms with van der Waals surface area (Å²) in [6.07, 6.45) is 3.89. The van der Waals surface area contributed by atoms with Gasteiger partial charge in [-0.05, 0) is 60.9 Å². The van der Waals surface area contributed by atoms with Crippen molar-refractivity contribution in [1.82, 2.24) is 4.98 Å². The van der Waals surface area contributed by atoms with Crippen LogP contribution in [0.3, 0.4) is 0 Å². The molecule has 7 heteroatoms. The maximum absolute atomic E-state index is 12.8. The van der Waals surface area contributed by atoms with E-state index in [0.717, 1.165) is 23.2 Å². The molecule has 2 heterocycles. The molecule has 0 bridgehead atoms. The highest BCUT2D eigenvalue weighted by atomic mass is 32.2. The third kappa shape index (κ3) is 3.48. The summed E-state index contributed by atoms with van der Waals surface area (Å²) in [5.74, 6) is -0.125. The van der Waals surface area contributed by atoms with Crippen molar-refractivity contribution in [3.8, 4) is 0 Å². The van der Waals surface area contributed by atoms with Gasteiger partial charge < -0.3 is 4.90 Å². The van der Waals surface area contributed by atoms with Crippen LogP contribution in [0.15, 0.2) is 71.9 Å². The number of anilines is 2. The second kappa shape index (κ2) is 7.09. The van der Waals surface area contributed by atoms with Crippen LogP contribution < -0.4 is 9.62 Å². The first kappa shape index (κ1) is 18.2. The van der Waals surface area contributed by atoms with Gasteiger partial charge in [-0.25, -0.2) is 8.42 Å². The molecule has 28 heavy (non-hydrogen) atoms. The molecule has 0 radical (unpaired) electrons. The lowest BCUT2D eigenvalue weighted by Gasteiger charge is -2.18. The fourth-order valence-electron chi connectivity index (χ4n) is 3.30. The summed E-state index contributed by atoms with van der Waals surface area (Å²) in [5, 5.41) is 0. The first-order chi connectivity index (χ1) is 13.4. The van der Waals surface area contributed by atoms with E-state index in [9.17, 15) is 13.2 Å². The Balaban J connectivity index is 1.63. The maximum Gasteiger partial charge on any atom is 0.261 e. The van der Waals surface area contributed by atoms with E-state index in [0.29, 0.717) is 17.8 Å².